The Morgan fingerprint density at radius 2 is 0.600 bits per heavy atom. The van der Waals surface area contributed by atoms with Crippen molar-refractivity contribution in [3.63, 3.8) is 0 Å². The van der Waals surface area contributed by atoms with Gasteiger partial charge in [0.15, 0.2) is 0 Å². The van der Waals surface area contributed by atoms with E-state index in [1.807, 2.05) is 0 Å². The van der Waals surface area contributed by atoms with E-state index in [0.717, 1.165) is 0 Å². The van der Waals surface area contributed by atoms with Crippen LogP contribution >= 0.6 is 0 Å². The third-order valence-electron chi connectivity index (χ3n) is 5.63. The topological polar surface area (TPSA) is 36.9 Å². The third kappa shape index (κ3) is 5.26. The standard InChI is InChI=1S/4C3H11OSi2.Ti/c4*1-5-4-6(2)3;/h4*5H2,1-3H3;. The summed E-state index contributed by atoms with van der Waals surface area (Å²) in [6.45, 7) is 29.6. The quantitative estimate of drug-likeness (QED) is 0.363. The van der Waals surface area contributed by atoms with Gasteiger partial charge in [-0.05, 0) is 0 Å². The molecule has 152 valence electrons. The van der Waals surface area contributed by atoms with Gasteiger partial charge in [-0.2, -0.15) is 0 Å². The minimum absolute atomic E-state index is 0.443. The van der Waals surface area contributed by atoms with E-state index in [4.69, 9.17) is 16.5 Å². The molecule has 0 aliphatic rings. The first kappa shape index (κ1) is 27.3. The van der Waals surface area contributed by atoms with Crippen molar-refractivity contribution in [1.29, 1.82) is 0 Å². The molecule has 0 unspecified atom stereocenters. The maximum atomic E-state index is 6.86. The molecule has 0 saturated carbocycles. The summed E-state index contributed by atoms with van der Waals surface area (Å²) in [5.41, 5.74) is 0. The second-order valence-electron chi connectivity index (χ2n) is 8.52. The Balaban J connectivity index is 6.97. The second-order valence-corrected chi connectivity index (χ2v) is 77.2. The second kappa shape index (κ2) is 10.4. The molecule has 0 rings (SSSR count). The number of rotatable bonds is 12. The van der Waals surface area contributed by atoms with Crippen molar-refractivity contribution in [2.45, 2.75) is 78.6 Å². The van der Waals surface area contributed by atoms with Crippen molar-refractivity contribution in [3.05, 3.63) is 0 Å². The van der Waals surface area contributed by atoms with Crippen LogP contribution in [-0.2, 0) is 30.1 Å². The SMILES string of the molecule is C[SiH2]O[Si](C)(C)[Ti]([Si](C)(C)O[SiH2]C)([Si](C)(C)O[SiH2]C)[Si](C)(C)O[SiH2]C. The predicted molar refractivity (Wildman–Crippen MR) is 132 cm³/mol. The van der Waals surface area contributed by atoms with Gasteiger partial charge in [-0.3, -0.25) is 0 Å². The van der Waals surface area contributed by atoms with E-state index < -0.39 is 77.4 Å². The zero-order valence-electron chi connectivity index (χ0n) is 19.0. The van der Waals surface area contributed by atoms with Crippen LogP contribution in [-0.4, -0.2) is 63.8 Å². The van der Waals surface area contributed by atoms with Gasteiger partial charge >= 0.3 is 172 Å². The van der Waals surface area contributed by atoms with Crippen molar-refractivity contribution in [3.8, 4) is 0 Å². The Morgan fingerprint density at radius 1 is 0.440 bits per heavy atom. The molecule has 0 spiro atoms. The summed E-state index contributed by atoms with van der Waals surface area (Å²) in [6, 6.07) is 0. The summed E-state index contributed by atoms with van der Waals surface area (Å²) in [5, 5.41) is 0. The Labute approximate surface area is 171 Å². The van der Waals surface area contributed by atoms with Gasteiger partial charge in [0, 0.05) is 0 Å². The molecule has 0 aliphatic heterocycles. The molecular weight excluding hydrogens is 481 g/mol. The average molecular weight is 525 g/mol. The third-order valence-corrected chi connectivity index (χ3v) is 160. The Kier molecular flexibility index (Phi) is 11.3. The van der Waals surface area contributed by atoms with Gasteiger partial charge in [0.2, 0.25) is 0 Å². The number of hydrogen-bond donors (Lipinski definition) is 0. The van der Waals surface area contributed by atoms with Crippen LogP contribution in [0.5, 0.6) is 0 Å². The van der Waals surface area contributed by atoms with Gasteiger partial charge in [0.05, 0.1) is 0 Å². The van der Waals surface area contributed by atoms with Gasteiger partial charge in [0.25, 0.3) is 0 Å². The van der Waals surface area contributed by atoms with Crippen LogP contribution in [0, 0.1) is 0 Å². The molecule has 0 heterocycles. The van der Waals surface area contributed by atoms with E-state index in [2.05, 4.69) is 78.6 Å². The first-order chi connectivity index (χ1) is 11.2. The van der Waals surface area contributed by atoms with Crippen molar-refractivity contribution < 1.29 is 30.1 Å². The molecule has 0 aliphatic carbocycles. The summed E-state index contributed by atoms with van der Waals surface area (Å²) in [5.74, 6) is 0. The van der Waals surface area contributed by atoms with Crippen molar-refractivity contribution in [1.82, 2.24) is 0 Å². The van der Waals surface area contributed by atoms with E-state index >= 15 is 0 Å². The summed E-state index contributed by atoms with van der Waals surface area (Å²) < 4.78 is 27.5. The molecule has 0 aromatic carbocycles. The molecule has 0 radical (unpaired) electrons. The van der Waals surface area contributed by atoms with Crippen LogP contribution in [0.1, 0.15) is 0 Å². The molecule has 4 nitrogen and oxygen atoms in total. The Hall–Kier alpha value is 2.29. The molecule has 25 heavy (non-hydrogen) atoms. The van der Waals surface area contributed by atoms with Gasteiger partial charge in [-0.25, -0.2) is 0 Å². The monoisotopic (exact) mass is 524 g/mol. The Morgan fingerprint density at radius 3 is 0.720 bits per heavy atom. The normalized spacial score (nSPS) is 18.7. The molecule has 0 N–H and O–H groups in total. The average Bonchev–Trinajstić information content (AvgIpc) is 2.36. The summed E-state index contributed by atoms with van der Waals surface area (Å²) in [7, 11) is -1.77. The van der Waals surface area contributed by atoms with Crippen molar-refractivity contribution >= 4 is 63.8 Å². The fourth-order valence-electron chi connectivity index (χ4n) is 6.23. The van der Waals surface area contributed by atoms with Crippen LogP contribution in [0.3, 0.4) is 0 Å². The first-order valence-corrected chi connectivity index (χ1v) is 38.8. The van der Waals surface area contributed by atoms with E-state index in [9.17, 15) is 0 Å². The molecular formula is C12H44O4Si8Ti. The zero-order chi connectivity index (χ0) is 20.2. The summed E-state index contributed by atoms with van der Waals surface area (Å²) in [4.78, 5) is 0. The molecule has 0 aromatic rings. The van der Waals surface area contributed by atoms with E-state index in [0.29, 0.717) is 0 Å². The van der Waals surface area contributed by atoms with Crippen LogP contribution in [0.25, 0.3) is 0 Å². The molecule has 0 fully saturated rings. The van der Waals surface area contributed by atoms with Crippen LogP contribution in [0.2, 0.25) is 78.6 Å². The Bertz CT molecular complexity index is 344. The van der Waals surface area contributed by atoms with Crippen LogP contribution in [0.4, 0.5) is 0 Å². The van der Waals surface area contributed by atoms with Crippen molar-refractivity contribution in [2.24, 2.45) is 0 Å². The minimum atomic E-state index is -2.71. The van der Waals surface area contributed by atoms with E-state index in [1.165, 1.54) is 0 Å². The van der Waals surface area contributed by atoms with E-state index in [-0.39, 0.29) is 0 Å². The summed E-state index contributed by atoms with van der Waals surface area (Å²) >= 11 is -2.71. The zero-order valence-corrected chi connectivity index (χ0v) is 30.2. The molecule has 0 amide bonds. The van der Waals surface area contributed by atoms with Gasteiger partial charge in [-0.1, -0.05) is 0 Å². The van der Waals surface area contributed by atoms with E-state index in [1.54, 1.807) is 0 Å². The molecule has 0 aromatic heterocycles. The summed E-state index contributed by atoms with van der Waals surface area (Å²) in [6.07, 6.45) is -7.50. The predicted octanol–water partition coefficient (Wildman–Crippen LogP) is 1.54. The number of hydrogen-bond acceptors (Lipinski definition) is 4. The first-order valence-electron chi connectivity index (χ1n) is 9.80. The van der Waals surface area contributed by atoms with Crippen LogP contribution < -0.4 is 0 Å². The molecule has 0 atom stereocenters. The van der Waals surface area contributed by atoms with Gasteiger partial charge in [-0.15, -0.1) is 0 Å². The van der Waals surface area contributed by atoms with Gasteiger partial charge < -0.3 is 0 Å². The maximum absolute atomic E-state index is 6.86. The molecule has 0 bridgehead atoms. The van der Waals surface area contributed by atoms with Crippen molar-refractivity contribution in [2.75, 3.05) is 0 Å². The fraction of sp³-hybridized carbons (Fsp3) is 1.00. The van der Waals surface area contributed by atoms with Gasteiger partial charge in [0.1, 0.15) is 0 Å². The fourth-order valence-corrected chi connectivity index (χ4v) is 231. The molecule has 13 heteroatoms. The molecule has 0 saturated heterocycles. The van der Waals surface area contributed by atoms with Crippen LogP contribution in [0.15, 0.2) is 0 Å².